The molecule has 6 heteroatoms. The minimum absolute atomic E-state index is 0. The normalized spacial score (nSPS) is 14.7. The zero-order valence-corrected chi connectivity index (χ0v) is 19.4. The van der Waals surface area contributed by atoms with E-state index in [2.05, 4.69) is 45.2 Å². The number of hydrogen-bond donors (Lipinski definition) is 0. The second-order valence-corrected chi connectivity index (χ2v) is 8.26. The van der Waals surface area contributed by atoms with E-state index in [4.69, 9.17) is 4.74 Å². The first-order valence-electron chi connectivity index (χ1n) is 11.2. The Morgan fingerprint density at radius 2 is 1.69 bits per heavy atom. The minimum Gasteiger partial charge on any atom is -0.478 e. The Hall–Kier alpha value is -2.50. The molecule has 0 radical (unpaired) electrons. The standard InChI is InChI=1S/C26H30FN3O.ClH/c1-20-19-25(29-26(28-20)23-9-11-24(27)12-10-23)31-18-6-5-15-30-16-13-22(14-17-30)21-7-3-2-4-8-21;/h2-4,7-12,19,22H,5-6,13-18H2,1H3;1H. The number of unbranched alkanes of at least 4 members (excludes halogenated alkanes) is 1. The monoisotopic (exact) mass is 455 g/mol. The third-order valence-electron chi connectivity index (χ3n) is 5.91. The lowest BCUT2D eigenvalue weighted by atomic mass is 9.89. The maximum atomic E-state index is 13.2. The van der Waals surface area contributed by atoms with Crippen LogP contribution in [0.5, 0.6) is 5.88 Å². The number of hydrogen-bond acceptors (Lipinski definition) is 4. The molecule has 4 rings (SSSR count). The largest absolute Gasteiger partial charge is 0.478 e. The summed E-state index contributed by atoms with van der Waals surface area (Å²) in [6.07, 6.45) is 4.60. The molecule has 0 atom stereocenters. The van der Waals surface area contributed by atoms with Crippen LogP contribution in [-0.4, -0.2) is 41.1 Å². The highest BCUT2D eigenvalue weighted by molar-refractivity contribution is 5.85. The van der Waals surface area contributed by atoms with Crippen molar-refractivity contribution < 1.29 is 9.13 Å². The Kier molecular flexibility index (Phi) is 9.00. The molecule has 32 heavy (non-hydrogen) atoms. The third kappa shape index (κ3) is 6.75. The van der Waals surface area contributed by atoms with Crippen LogP contribution < -0.4 is 4.74 Å². The van der Waals surface area contributed by atoms with Crippen LogP contribution in [0.4, 0.5) is 4.39 Å². The Labute approximate surface area is 196 Å². The summed E-state index contributed by atoms with van der Waals surface area (Å²) in [4.78, 5) is 11.5. The van der Waals surface area contributed by atoms with E-state index in [1.807, 2.05) is 13.0 Å². The number of benzene rings is 2. The van der Waals surface area contributed by atoms with Crippen molar-refractivity contribution in [2.45, 2.75) is 38.5 Å². The van der Waals surface area contributed by atoms with Crippen LogP contribution in [0.1, 0.15) is 42.9 Å². The van der Waals surface area contributed by atoms with E-state index in [9.17, 15) is 4.39 Å². The number of ether oxygens (including phenoxy) is 1. The van der Waals surface area contributed by atoms with Crippen molar-refractivity contribution in [1.29, 1.82) is 0 Å². The van der Waals surface area contributed by atoms with Crippen LogP contribution in [0.25, 0.3) is 11.4 Å². The van der Waals surface area contributed by atoms with E-state index in [-0.39, 0.29) is 18.2 Å². The van der Waals surface area contributed by atoms with Crippen LogP contribution in [-0.2, 0) is 0 Å². The highest BCUT2D eigenvalue weighted by Crippen LogP contribution is 2.27. The van der Waals surface area contributed by atoms with Crippen molar-refractivity contribution in [3.05, 3.63) is 77.7 Å². The predicted octanol–water partition coefficient (Wildman–Crippen LogP) is 6.05. The number of halogens is 2. The van der Waals surface area contributed by atoms with Gasteiger partial charge in [-0.25, -0.2) is 9.37 Å². The van der Waals surface area contributed by atoms with E-state index < -0.39 is 0 Å². The second-order valence-electron chi connectivity index (χ2n) is 8.26. The van der Waals surface area contributed by atoms with Gasteiger partial charge in [-0.15, -0.1) is 12.4 Å². The molecule has 1 fully saturated rings. The van der Waals surface area contributed by atoms with Gasteiger partial charge in [-0.1, -0.05) is 30.3 Å². The number of aryl methyl sites for hydroxylation is 1. The summed E-state index contributed by atoms with van der Waals surface area (Å²) in [6.45, 7) is 6.02. The number of aromatic nitrogens is 2. The first-order valence-corrected chi connectivity index (χ1v) is 11.2. The van der Waals surface area contributed by atoms with Crippen molar-refractivity contribution in [2.75, 3.05) is 26.2 Å². The van der Waals surface area contributed by atoms with E-state index in [0.29, 0.717) is 24.2 Å². The van der Waals surface area contributed by atoms with E-state index in [0.717, 1.165) is 30.6 Å². The van der Waals surface area contributed by atoms with Crippen molar-refractivity contribution in [3.8, 4) is 17.3 Å². The fourth-order valence-corrected chi connectivity index (χ4v) is 4.17. The van der Waals surface area contributed by atoms with Crippen LogP contribution in [0.3, 0.4) is 0 Å². The summed E-state index contributed by atoms with van der Waals surface area (Å²) in [7, 11) is 0. The van der Waals surface area contributed by atoms with E-state index in [1.54, 1.807) is 12.1 Å². The van der Waals surface area contributed by atoms with Crippen molar-refractivity contribution in [1.82, 2.24) is 14.9 Å². The summed E-state index contributed by atoms with van der Waals surface area (Å²) in [5.41, 5.74) is 3.11. The van der Waals surface area contributed by atoms with Gasteiger partial charge in [0.2, 0.25) is 5.88 Å². The number of likely N-dealkylation sites (tertiary alicyclic amines) is 1. The molecule has 1 aliphatic heterocycles. The number of nitrogens with zero attached hydrogens (tertiary/aromatic N) is 3. The second kappa shape index (κ2) is 11.9. The van der Waals surface area contributed by atoms with Gasteiger partial charge in [-0.05, 0) is 88.0 Å². The number of piperidine rings is 1. The molecule has 1 aliphatic rings. The van der Waals surface area contributed by atoms with Crippen LogP contribution in [0.15, 0.2) is 60.7 Å². The van der Waals surface area contributed by atoms with Gasteiger partial charge >= 0.3 is 0 Å². The molecule has 0 spiro atoms. The molecule has 4 nitrogen and oxygen atoms in total. The van der Waals surface area contributed by atoms with Crippen molar-refractivity contribution in [2.24, 2.45) is 0 Å². The van der Waals surface area contributed by atoms with Crippen LogP contribution in [0.2, 0.25) is 0 Å². The number of rotatable bonds is 8. The molecule has 0 N–H and O–H groups in total. The van der Waals surface area contributed by atoms with Gasteiger partial charge in [-0.2, -0.15) is 4.98 Å². The molecule has 0 aliphatic carbocycles. The molecule has 2 heterocycles. The molecule has 1 saturated heterocycles. The summed E-state index contributed by atoms with van der Waals surface area (Å²) < 4.78 is 19.1. The first-order chi connectivity index (χ1) is 15.2. The average Bonchev–Trinajstić information content (AvgIpc) is 2.80. The molecule has 0 bridgehead atoms. The fraction of sp³-hybridized carbons (Fsp3) is 0.385. The van der Waals surface area contributed by atoms with Gasteiger partial charge in [0.1, 0.15) is 5.82 Å². The Bertz CT molecular complexity index is 961. The molecular weight excluding hydrogens is 425 g/mol. The van der Waals surface area contributed by atoms with Gasteiger partial charge in [0.05, 0.1) is 6.61 Å². The summed E-state index contributed by atoms with van der Waals surface area (Å²) in [5, 5.41) is 0. The maximum absolute atomic E-state index is 13.2. The fourth-order valence-electron chi connectivity index (χ4n) is 4.17. The molecule has 0 unspecified atom stereocenters. The lowest BCUT2D eigenvalue weighted by Crippen LogP contribution is -2.33. The molecular formula is C26H31ClFN3O. The summed E-state index contributed by atoms with van der Waals surface area (Å²) in [6, 6.07) is 19.0. The van der Waals surface area contributed by atoms with Gasteiger partial charge in [0, 0.05) is 17.3 Å². The van der Waals surface area contributed by atoms with Gasteiger partial charge in [-0.3, -0.25) is 0 Å². The smallest absolute Gasteiger partial charge is 0.217 e. The van der Waals surface area contributed by atoms with Crippen molar-refractivity contribution >= 4 is 12.4 Å². The first kappa shape index (κ1) is 24.1. The lowest BCUT2D eigenvalue weighted by Gasteiger charge is -2.32. The van der Waals surface area contributed by atoms with Crippen LogP contribution >= 0.6 is 12.4 Å². The SMILES string of the molecule is Cc1cc(OCCCCN2CCC(c3ccccc3)CC2)nc(-c2ccc(F)cc2)n1.Cl. The third-order valence-corrected chi connectivity index (χ3v) is 5.91. The van der Waals surface area contributed by atoms with E-state index >= 15 is 0 Å². The van der Waals surface area contributed by atoms with E-state index in [1.165, 1.54) is 43.6 Å². The quantitative estimate of drug-likeness (QED) is 0.387. The molecule has 0 saturated carbocycles. The molecule has 2 aromatic carbocycles. The topological polar surface area (TPSA) is 38.2 Å². The zero-order valence-electron chi connectivity index (χ0n) is 18.5. The van der Waals surface area contributed by atoms with Crippen molar-refractivity contribution in [3.63, 3.8) is 0 Å². The summed E-state index contributed by atoms with van der Waals surface area (Å²) >= 11 is 0. The maximum Gasteiger partial charge on any atom is 0.217 e. The Balaban J connectivity index is 0.00000289. The molecule has 0 amide bonds. The highest BCUT2D eigenvalue weighted by Gasteiger charge is 2.19. The minimum atomic E-state index is -0.267. The van der Waals surface area contributed by atoms with Gasteiger partial charge in [0.15, 0.2) is 5.82 Å². The Morgan fingerprint density at radius 1 is 0.969 bits per heavy atom. The molecule has 3 aromatic rings. The summed E-state index contributed by atoms with van der Waals surface area (Å²) in [5.74, 6) is 1.58. The lowest BCUT2D eigenvalue weighted by molar-refractivity contribution is 0.201. The zero-order chi connectivity index (χ0) is 21.5. The predicted molar refractivity (Wildman–Crippen MR) is 129 cm³/mol. The average molecular weight is 456 g/mol. The van der Waals surface area contributed by atoms with Gasteiger partial charge in [0.25, 0.3) is 0 Å². The molecule has 1 aromatic heterocycles. The van der Waals surface area contributed by atoms with Gasteiger partial charge < -0.3 is 9.64 Å². The molecule has 170 valence electrons. The Morgan fingerprint density at radius 3 is 2.41 bits per heavy atom. The van der Waals surface area contributed by atoms with Crippen LogP contribution in [0, 0.1) is 12.7 Å². The highest BCUT2D eigenvalue weighted by atomic mass is 35.5.